The van der Waals surface area contributed by atoms with Crippen LogP contribution in [0.3, 0.4) is 0 Å². The van der Waals surface area contributed by atoms with E-state index in [0.29, 0.717) is 25.2 Å². The molecule has 1 aliphatic rings. The second kappa shape index (κ2) is 27.3. The van der Waals surface area contributed by atoms with Crippen LogP contribution in [0, 0.1) is 16.0 Å². The standard InChI is InChI=1S/C15H28O.C7H14.C5H10N2O4/c1-2-3-4-5-6-11-15(16)13-12-14-9-7-8-10-14;1-3-5-7-6-4-2;1-6(5-8)3-2-4-11-7(9)10/h14H,2-13H2,1H3;3,5H,4,6-7H2,1-2H3;5H,2-4H2,1H3/b;5-3-;. The van der Waals surface area contributed by atoms with Crippen molar-refractivity contribution in [3.8, 4) is 0 Å². The molecule has 1 amide bonds. The molecule has 1 aliphatic carbocycles. The predicted octanol–water partition coefficient (Wildman–Crippen LogP) is 7.31. The summed E-state index contributed by atoms with van der Waals surface area (Å²) in [6.45, 7) is 7.01. The topological polar surface area (TPSA) is 89.8 Å². The SMILES string of the molecule is C/C=C\CCCC.CCCCCCCC(=O)CCC1CCCC1.CN(C=O)CCCO[N+](=O)[O-]. The minimum absolute atomic E-state index is 0.0329. The van der Waals surface area contributed by atoms with E-state index in [9.17, 15) is 19.7 Å². The van der Waals surface area contributed by atoms with Crippen molar-refractivity contribution in [2.75, 3.05) is 20.2 Å². The third-order valence-corrected chi connectivity index (χ3v) is 5.86. The Morgan fingerprint density at radius 2 is 1.68 bits per heavy atom. The molecular formula is C27H52N2O5. The molecule has 34 heavy (non-hydrogen) atoms. The summed E-state index contributed by atoms with van der Waals surface area (Å²) in [6, 6.07) is 0. The average molecular weight is 485 g/mol. The Kier molecular flexibility index (Phi) is 27.5. The number of rotatable bonds is 18. The lowest BCUT2D eigenvalue weighted by atomic mass is 9.98. The van der Waals surface area contributed by atoms with Crippen molar-refractivity contribution in [3.05, 3.63) is 22.3 Å². The van der Waals surface area contributed by atoms with Crippen LogP contribution in [0.4, 0.5) is 0 Å². The quantitative estimate of drug-likeness (QED) is 0.0668. The van der Waals surface area contributed by atoms with E-state index >= 15 is 0 Å². The second-order valence-electron chi connectivity index (χ2n) is 9.10. The maximum absolute atomic E-state index is 11.6. The van der Waals surface area contributed by atoms with E-state index in [1.54, 1.807) is 7.05 Å². The molecule has 0 atom stereocenters. The molecule has 0 bridgehead atoms. The molecule has 1 saturated carbocycles. The molecule has 200 valence electrons. The molecule has 1 fully saturated rings. The second-order valence-corrected chi connectivity index (χ2v) is 9.10. The van der Waals surface area contributed by atoms with E-state index in [0.717, 1.165) is 25.2 Å². The Morgan fingerprint density at radius 3 is 2.24 bits per heavy atom. The highest BCUT2D eigenvalue weighted by atomic mass is 16.9. The molecule has 7 nitrogen and oxygen atoms in total. The summed E-state index contributed by atoms with van der Waals surface area (Å²) >= 11 is 0. The number of carbonyl (C=O) groups is 2. The van der Waals surface area contributed by atoms with Crippen molar-refractivity contribution >= 4 is 12.2 Å². The molecule has 0 aromatic heterocycles. The Labute approximate surface area is 208 Å². The van der Waals surface area contributed by atoms with Gasteiger partial charge in [-0.25, -0.2) is 0 Å². The van der Waals surface area contributed by atoms with Gasteiger partial charge in [0.05, 0.1) is 6.61 Å². The molecule has 0 aliphatic heterocycles. The summed E-state index contributed by atoms with van der Waals surface area (Å²) in [5.41, 5.74) is 0. The molecule has 0 unspecified atom stereocenters. The Balaban J connectivity index is 0. The molecule has 0 heterocycles. The molecule has 0 aromatic rings. The van der Waals surface area contributed by atoms with Crippen LogP contribution in [0.1, 0.15) is 124 Å². The molecule has 7 heteroatoms. The first-order valence-electron chi connectivity index (χ1n) is 13.5. The largest absolute Gasteiger partial charge is 0.348 e. The molecule has 0 aromatic carbocycles. The third kappa shape index (κ3) is 28.1. The zero-order valence-corrected chi connectivity index (χ0v) is 22.5. The number of nitrogens with zero attached hydrogens (tertiary/aromatic N) is 2. The number of ketones is 1. The first-order chi connectivity index (χ1) is 16.4. The van der Waals surface area contributed by atoms with Crippen LogP contribution >= 0.6 is 0 Å². The van der Waals surface area contributed by atoms with Crippen LogP contribution in [0.15, 0.2) is 12.2 Å². The molecule has 0 radical (unpaired) electrons. The number of allylic oxidation sites excluding steroid dienone is 2. The van der Waals surface area contributed by atoms with Crippen molar-refractivity contribution in [3.63, 3.8) is 0 Å². The van der Waals surface area contributed by atoms with Crippen molar-refractivity contribution in [2.45, 2.75) is 124 Å². The van der Waals surface area contributed by atoms with E-state index in [1.165, 1.54) is 81.9 Å². The molecule has 0 N–H and O–H groups in total. The summed E-state index contributed by atoms with van der Waals surface area (Å²) in [5, 5.41) is 8.77. The van der Waals surface area contributed by atoms with Gasteiger partial charge >= 0.3 is 0 Å². The van der Waals surface area contributed by atoms with Crippen molar-refractivity contribution < 1.29 is 19.5 Å². The first-order valence-corrected chi connectivity index (χ1v) is 13.5. The summed E-state index contributed by atoms with van der Waals surface area (Å²) in [6.07, 6.45) is 24.1. The minimum Gasteiger partial charge on any atom is -0.348 e. The van der Waals surface area contributed by atoms with Gasteiger partial charge in [-0.05, 0) is 38.5 Å². The molecular weight excluding hydrogens is 432 g/mol. The zero-order chi connectivity index (χ0) is 25.9. The van der Waals surface area contributed by atoms with Crippen LogP contribution in [-0.4, -0.2) is 42.4 Å². The van der Waals surface area contributed by atoms with Crippen molar-refractivity contribution in [1.29, 1.82) is 0 Å². The van der Waals surface area contributed by atoms with Crippen molar-refractivity contribution in [1.82, 2.24) is 4.90 Å². The zero-order valence-electron chi connectivity index (χ0n) is 22.5. The van der Waals surface area contributed by atoms with Gasteiger partial charge in [0, 0.05) is 26.4 Å². The predicted molar refractivity (Wildman–Crippen MR) is 140 cm³/mol. The maximum Gasteiger partial charge on any atom is 0.294 e. The Morgan fingerprint density at radius 1 is 1.03 bits per heavy atom. The van der Waals surface area contributed by atoms with Gasteiger partial charge in [0.1, 0.15) is 5.78 Å². The van der Waals surface area contributed by atoms with Crippen LogP contribution < -0.4 is 0 Å². The number of Topliss-reactive ketones (excluding diaryl/α,β-unsaturated/α-hetero) is 1. The highest BCUT2D eigenvalue weighted by Gasteiger charge is 2.15. The summed E-state index contributed by atoms with van der Waals surface area (Å²) in [7, 11) is 1.60. The van der Waals surface area contributed by atoms with Gasteiger partial charge in [0.2, 0.25) is 6.41 Å². The van der Waals surface area contributed by atoms with Crippen LogP contribution in [0.2, 0.25) is 0 Å². The lowest BCUT2D eigenvalue weighted by molar-refractivity contribution is -0.757. The monoisotopic (exact) mass is 484 g/mol. The number of hydrogen-bond donors (Lipinski definition) is 0. The van der Waals surface area contributed by atoms with Gasteiger partial charge < -0.3 is 9.74 Å². The van der Waals surface area contributed by atoms with E-state index < -0.39 is 5.09 Å². The van der Waals surface area contributed by atoms with Crippen molar-refractivity contribution in [2.24, 2.45) is 5.92 Å². The number of unbranched alkanes of at least 4 members (excludes halogenated alkanes) is 6. The fourth-order valence-electron chi connectivity index (χ4n) is 3.71. The Bertz CT molecular complexity index is 505. The highest BCUT2D eigenvalue weighted by molar-refractivity contribution is 5.78. The van der Waals surface area contributed by atoms with E-state index in [1.807, 2.05) is 0 Å². The lowest BCUT2D eigenvalue weighted by Crippen LogP contribution is -2.19. The van der Waals surface area contributed by atoms with Gasteiger partial charge in [-0.1, -0.05) is 90.2 Å². The van der Waals surface area contributed by atoms with Gasteiger partial charge in [0.25, 0.3) is 5.09 Å². The lowest BCUT2D eigenvalue weighted by Gasteiger charge is -2.08. The normalized spacial score (nSPS) is 12.9. The number of hydrogen-bond acceptors (Lipinski definition) is 5. The third-order valence-electron chi connectivity index (χ3n) is 5.86. The van der Waals surface area contributed by atoms with Crippen LogP contribution in [0.5, 0.6) is 0 Å². The smallest absolute Gasteiger partial charge is 0.294 e. The summed E-state index contributed by atoms with van der Waals surface area (Å²) < 4.78 is 0. The fraction of sp³-hybridized carbons (Fsp3) is 0.852. The number of carbonyl (C=O) groups excluding carboxylic acids is 2. The number of amides is 1. The Hall–Kier alpha value is -1.92. The van der Waals surface area contributed by atoms with Gasteiger partial charge in [-0.2, -0.15) is 0 Å². The highest BCUT2D eigenvalue weighted by Crippen LogP contribution is 2.28. The van der Waals surface area contributed by atoms with Gasteiger partial charge in [-0.3, -0.25) is 9.59 Å². The first kappa shape index (κ1) is 34.2. The van der Waals surface area contributed by atoms with E-state index in [2.05, 4.69) is 37.8 Å². The van der Waals surface area contributed by atoms with Crippen LogP contribution in [0.25, 0.3) is 0 Å². The summed E-state index contributed by atoms with van der Waals surface area (Å²) in [4.78, 5) is 36.6. The van der Waals surface area contributed by atoms with E-state index in [-0.39, 0.29) is 6.61 Å². The van der Waals surface area contributed by atoms with E-state index in [4.69, 9.17) is 0 Å². The molecule has 0 saturated heterocycles. The molecule has 0 spiro atoms. The average Bonchev–Trinajstić information content (AvgIpc) is 3.35. The van der Waals surface area contributed by atoms with Gasteiger partial charge in [-0.15, -0.1) is 10.1 Å². The van der Waals surface area contributed by atoms with Crippen LogP contribution in [-0.2, 0) is 14.4 Å². The molecule has 1 rings (SSSR count). The maximum atomic E-state index is 11.6. The van der Waals surface area contributed by atoms with Gasteiger partial charge in [0.15, 0.2) is 0 Å². The minimum atomic E-state index is -0.846. The summed E-state index contributed by atoms with van der Waals surface area (Å²) in [5.74, 6) is 1.40. The fourth-order valence-corrected chi connectivity index (χ4v) is 3.71.